The van der Waals surface area contributed by atoms with Crippen LogP contribution in [0.5, 0.6) is 5.75 Å². The Morgan fingerprint density at radius 1 is 1.32 bits per heavy atom. The number of hydrogen-bond acceptors (Lipinski definition) is 5. The number of carbonyl (C=O) groups excluding carboxylic acids is 1. The van der Waals surface area contributed by atoms with Crippen molar-refractivity contribution in [2.45, 2.75) is 0 Å². The summed E-state index contributed by atoms with van der Waals surface area (Å²) in [5.41, 5.74) is -0.00639. The van der Waals surface area contributed by atoms with Crippen molar-refractivity contribution >= 4 is 22.7 Å². The number of fused-ring (bicyclic) bond motifs is 1. The molecule has 112 valence electrons. The summed E-state index contributed by atoms with van der Waals surface area (Å²) in [7, 11) is 3.25. The Morgan fingerprint density at radius 2 is 2.14 bits per heavy atom. The van der Waals surface area contributed by atoms with Gasteiger partial charge in [-0.05, 0) is 12.1 Å². The number of anilines is 1. The van der Waals surface area contributed by atoms with Crippen molar-refractivity contribution in [3.8, 4) is 5.75 Å². The average Bonchev–Trinajstić information content (AvgIpc) is 2.91. The fraction of sp³-hybridized carbons (Fsp3) is 0.133. The lowest BCUT2D eigenvalue weighted by molar-refractivity contribution is 0.0996. The smallest absolute Gasteiger partial charge is 0.292 e. The molecule has 0 unspecified atom stereocenters. The SMILES string of the molecule is COc1ccc2c(=O)cc(C(=O)Nc3ccn(C)n3)oc2c1. The van der Waals surface area contributed by atoms with Crippen molar-refractivity contribution in [1.29, 1.82) is 0 Å². The van der Waals surface area contributed by atoms with E-state index in [1.54, 1.807) is 42.2 Å². The molecule has 2 heterocycles. The number of rotatable bonds is 3. The van der Waals surface area contributed by atoms with Gasteiger partial charge in [0, 0.05) is 31.4 Å². The number of hydrogen-bond donors (Lipinski definition) is 1. The van der Waals surface area contributed by atoms with E-state index in [2.05, 4.69) is 10.4 Å². The number of aromatic nitrogens is 2. The van der Waals surface area contributed by atoms with Crippen LogP contribution in [0, 0.1) is 0 Å². The number of methoxy groups -OCH3 is 1. The molecular weight excluding hydrogens is 286 g/mol. The van der Waals surface area contributed by atoms with E-state index in [0.29, 0.717) is 17.0 Å². The minimum Gasteiger partial charge on any atom is -0.497 e. The molecule has 1 amide bonds. The number of amides is 1. The summed E-state index contributed by atoms with van der Waals surface area (Å²) in [6.45, 7) is 0. The van der Waals surface area contributed by atoms with Gasteiger partial charge in [0.25, 0.3) is 5.91 Å². The van der Waals surface area contributed by atoms with Crippen LogP contribution in [0.25, 0.3) is 11.0 Å². The van der Waals surface area contributed by atoms with Gasteiger partial charge in [0.05, 0.1) is 12.5 Å². The van der Waals surface area contributed by atoms with E-state index in [4.69, 9.17) is 9.15 Å². The Balaban J connectivity index is 1.99. The van der Waals surface area contributed by atoms with Crippen molar-refractivity contribution in [2.75, 3.05) is 12.4 Å². The summed E-state index contributed by atoms with van der Waals surface area (Å²) in [5, 5.41) is 6.98. The Morgan fingerprint density at radius 3 is 2.82 bits per heavy atom. The predicted molar refractivity (Wildman–Crippen MR) is 80.2 cm³/mol. The third kappa shape index (κ3) is 2.56. The highest BCUT2D eigenvalue weighted by Gasteiger charge is 2.14. The second-order valence-corrected chi connectivity index (χ2v) is 4.67. The van der Waals surface area contributed by atoms with Crippen LogP contribution in [-0.4, -0.2) is 22.8 Å². The summed E-state index contributed by atoms with van der Waals surface area (Å²) in [6.07, 6.45) is 1.69. The van der Waals surface area contributed by atoms with E-state index in [1.165, 1.54) is 7.11 Å². The molecular formula is C15H13N3O4. The quantitative estimate of drug-likeness (QED) is 0.796. The molecule has 0 saturated heterocycles. The molecule has 0 atom stereocenters. The van der Waals surface area contributed by atoms with Crippen LogP contribution in [0.15, 0.2) is 45.7 Å². The van der Waals surface area contributed by atoms with Crippen molar-refractivity contribution in [3.05, 3.63) is 52.5 Å². The molecule has 1 N–H and O–H groups in total. The van der Waals surface area contributed by atoms with Gasteiger partial charge in [0.1, 0.15) is 11.3 Å². The maximum Gasteiger partial charge on any atom is 0.292 e. The fourth-order valence-corrected chi connectivity index (χ4v) is 2.03. The highest BCUT2D eigenvalue weighted by Crippen LogP contribution is 2.19. The van der Waals surface area contributed by atoms with Gasteiger partial charge in [-0.1, -0.05) is 0 Å². The van der Waals surface area contributed by atoms with E-state index in [-0.39, 0.29) is 16.8 Å². The van der Waals surface area contributed by atoms with E-state index >= 15 is 0 Å². The first-order valence-electron chi connectivity index (χ1n) is 6.50. The topological polar surface area (TPSA) is 86.4 Å². The maximum atomic E-state index is 12.1. The third-order valence-electron chi connectivity index (χ3n) is 3.12. The fourth-order valence-electron chi connectivity index (χ4n) is 2.03. The number of carbonyl (C=O) groups is 1. The molecule has 7 nitrogen and oxygen atoms in total. The van der Waals surface area contributed by atoms with Gasteiger partial charge in [0.2, 0.25) is 0 Å². The molecule has 0 aliphatic heterocycles. The van der Waals surface area contributed by atoms with Crippen molar-refractivity contribution in [3.63, 3.8) is 0 Å². The lowest BCUT2D eigenvalue weighted by Crippen LogP contribution is -2.15. The Kier molecular flexibility index (Phi) is 3.38. The second kappa shape index (κ2) is 5.36. The van der Waals surface area contributed by atoms with E-state index in [0.717, 1.165) is 6.07 Å². The highest BCUT2D eigenvalue weighted by atomic mass is 16.5. The molecule has 1 aromatic carbocycles. The molecule has 0 aliphatic rings. The highest BCUT2D eigenvalue weighted by molar-refractivity contribution is 6.02. The van der Waals surface area contributed by atoms with Crippen LogP contribution >= 0.6 is 0 Å². The molecule has 0 radical (unpaired) electrons. The molecule has 2 aromatic heterocycles. The number of nitrogens with zero attached hydrogens (tertiary/aromatic N) is 2. The lowest BCUT2D eigenvalue weighted by atomic mass is 10.2. The Labute approximate surface area is 125 Å². The number of aryl methyl sites for hydroxylation is 1. The summed E-state index contributed by atoms with van der Waals surface area (Å²) < 4.78 is 12.1. The van der Waals surface area contributed by atoms with Crippen LogP contribution in [0.4, 0.5) is 5.82 Å². The molecule has 0 fully saturated rings. The minimum atomic E-state index is -0.541. The van der Waals surface area contributed by atoms with Crippen molar-refractivity contribution in [2.24, 2.45) is 7.05 Å². The first kappa shape index (κ1) is 13.9. The lowest BCUT2D eigenvalue weighted by Gasteiger charge is -2.04. The van der Waals surface area contributed by atoms with Crippen molar-refractivity contribution < 1.29 is 13.9 Å². The van der Waals surface area contributed by atoms with Gasteiger partial charge < -0.3 is 14.5 Å². The normalized spacial score (nSPS) is 10.6. The van der Waals surface area contributed by atoms with Crippen LogP contribution < -0.4 is 15.5 Å². The van der Waals surface area contributed by atoms with Gasteiger partial charge in [-0.2, -0.15) is 5.10 Å². The third-order valence-corrected chi connectivity index (χ3v) is 3.12. The molecule has 0 spiro atoms. The van der Waals surface area contributed by atoms with Gasteiger partial charge in [-0.15, -0.1) is 0 Å². The van der Waals surface area contributed by atoms with Crippen LogP contribution in [0.3, 0.4) is 0 Å². The molecule has 0 aliphatic carbocycles. The largest absolute Gasteiger partial charge is 0.497 e. The maximum absolute atomic E-state index is 12.1. The molecule has 22 heavy (non-hydrogen) atoms. The average molecular weight is 299 g/mol. The molecule has 3 aromatic rings. The zero-order valence-electron chi connectivity index (χ0n) is 12.0. The van der Waals surface area contributed by atoms with Gasteiger partial charge in [-0.3, -0.25) is 14.3 Å². The van der Waals surface area contributed by atoms with Crippen LogP contribution in [0.1, 0.15) is 10.6 Å². The van der Waals surface area contributed by atoms with E-state index in [9.17, 15) is 9.59 Å². The van der Waals surface area contributed by atoms with Gasteiger partial charge >= 0.3 is 0 Å². The Hall–Kier alpha value is -3.09. The monoisotopic (exact) mass is 299 g/mol. The number of benzene rings is 1. The molecule has 0 bridgehead atoms. The van der Waals surface area contributed by atoms with Crippen LogP contribution in [0.2, 0.25) is 0 Å². The van der Waals surface area contributed by atoms with E-state index < -0.39 is 5.91 Å². The van der Waals surface area contributed by atoms with Crippen LogP contribution in [-0.2, 0) is 7.05 Å². The van der Waals surface area contributed by atoms with Gasteiger partial charge in [0.15, 0.2) is 17.0 Å². The summed E-state index contributed by atoms with van der Waals surface area (Å²) >= 11 is 0. The molecule has 3 rings (SSSR count). The number of nitrogens with one attached hydrogen (secondary N) is 1. The zero-order chi connectivity index (χ0) is 15.7. The standard InChI is InChI=1S/C15H13N3O4/c1-18-6-5-14(17-18)16-15(20)13-8-11(19)10-4-3-9(21-2)7-12(10)22-13/h3-8H,1-2H3,(H,16,17,20). The number of ether oxygens (including phenoxy) is 1. The summed E-state index contributed by atoms with van der Waals surface area (Å²) in [5.74, 6) is 0.288. The van der Waals surface area contributed by atoms with Crippen molar-refractivity contribution in [1.82, 2.24) is 9.78 Å². The summed E-state index contributed by atoms with van der Waals surface area (Å²) in [6, 6.07) is 7.62. The van der Waals surface area contributed by atoms with E-state index in [1.807, 2.05) is 0 Å². The summed E-state index contributed by atoms with van der Waals surface area (Å²) in [4.78, 5) is 24.2. The predicted octanol–water partition coefficient (Wildman–Crippen LogP) is 1.79. The van der Waals surface area contributed by atoms with Gasteiger partial charge in [-0.25, -0.2) is 0 Å². The first-order valence-corrected chi connectivity index (χ1v) is 6.50. The Bertz CT molecular complexity index is 911. The molecule has 7 heteroatoms. The second-order valence-electron chi connectivity index (χ2n) is 4.67. The minimum absolute atomic E-state index is 0.0867. The molecule has 0 saturated carbocycles. The zero-order valence-corrected chi connectivity index (χ0v) is 12.0. The first-order chi connectivity index (χ1) is 10.6.